The molecule has 0 saturated carbocycles. The zero-order chi connectivity index (χ0) is 28.9. The molecule has 0 radical (unpaired) electrons. The lowest BCUT2D eigenvalue weighted by atomic mass is 10.1. The highest BCUT2D eigenvalue weighted by atomic mass is 35.5. The predicted octanol–water partition coefficient (Wildman–Crippen LogP) is 2.89. The van der Waals surface area contributed by atoms with E-state index in [9.17, 15) is 16.8 Å². The van der Waals surface area contributed by atoms with Crippen molar-refractivity contribution in [3.8, 4) is 0 Å². The first-order chi connectivity index (χ1) is 19.0. The summed E-state index contributed by atoms with van der Waals surface area (Å²) in [5.74, 6) is -0.0104. The van der Waals surface area contributed by atoms with E-state index >= 15 is 0 Å². The van der Waals surface area contributed by atoms with E-state index in [1.165, 1.54) is 36.7 Å². The summed E-state index contributed by atoms with van der Waals surface area (Å²) in [5.41, 5.74) is 1.39. The van der Waals surface area contributed by atoms with Crippen LogP contribution in [0.15, 0.2) is 65.2 Å². The van der Waals surface area contributed by atoms with Crippen LogP contribution in [-0.4, -0.2) is 56.0 Å². The second-order valence-electron chi connectivity index (χ2n) is 7.84. The summed E-state index contributed by atoms with van der Waals surface area (Å²) < 4.78 is 62.1. The maximum absolute atomic E-state index is 12.7. The predicted molar refractivity (Wildman–Crippen MR) is 145 cm³/mol. The van der Waals surface area contributed by atoms with Crippen molar-refractivity contribution >= 4 is 67.2 Å². The Morgan fingerprint density at radius 1 is 0.825 bits per heavy atom. The molecular formula is C23H20Cl2N7O6S2+. The maximum Gasteiger partial charge on any atom is 0.297 e. The third kappa shape index (κ3) is 7.12. The van der Waals surface area contributed by atoms with Gasteiger partial charge in [0.05, 0.1) is 20.8 Å². The van der Waals surface area contributed by atoms with Gasteiger partial charge in [0.25, 0.3) is 26.6 Å². The number of rotatable bonds is 10. The molecule has 0 atom stereocenters. The molecule has 0 fully saturated rings. The molecule has 0 aliphatic heterocycles. The van der Waals surface area contributed by atoms with Crippen LogP contribution in [0, 0.1) is 0 Å². The number of anilines is 2. The van der Waals surface area contributed by atoms with E-state index in [4.69, 9.17) is 31.6 Å². The van der Waals surface area contributed by atoms with Crippen LogP contribution in [0.25, 0.3) is 12.2 Å². The molecule has 208 valence electrons. The first-order valence-electron chi connectivity index (χ1n) is 11.1. The minimum atomic E-state index is -4.20. The fourth-order valence-electron chi connectivity index (χ4n) is 3.46. The number of hydrogen-bond donors (Lipinski definition) is 1. The SMILES string of the molecule is COS(=O)(=O)c1cc(C[n+]2cncnc2)ccc1/C=C/c1ccc(Nc2nc(Cl)nc(Cl)n2)cc1S(=O)(=O)OC. The molecule has 0 amide bonds. The third-order valence-corrected chi connectivity index (χ3v) is 8.28. The second-order valence-corrected chi connectivity index (χ2v) is 11.9. The van der Waals surface area contributed by atoms with Gasteiger partial charge in [0.15, 0.2) is 0 Å². The Labute approximate surface area is 239 Å². The van der Waals surface area contributed by atoms with E-state index in [-0.39, 0.29) is 43.1 Å². The quantitative estimate of drug-likeness (QED) is 0.156. The summed E-state index contributed by atoms with van der Waals surface area (Å²) in [5, 5.41) is 2.49. The van der Waals surface area contributed by atoms with Crippen molar-refractivity contribution in [2.75, 3.05) is 19.5 Å². The standard InChI is InChI=1S/C23H20Cl2N7O6S2/c1-37-39(33,34)19-9-15(11-32-13-26-12-27-14-32)3-4-16(19)5-6-17-7-8-18(10-20(17)40(35,36)38-2)28-23-30-21(24)29-22(25)31-23/h3-10,12-14H,11H2,1-2H3,(H,28,29,30,31)/q+1/b6-5+. The van der Waals surface area contributed by atoms with Crippen LogP contribution < -0.4 is 9.88 Å². The van der Waals surface area contributed by atoms with Crippen LogP contribution >= 0.6 is 23.2 Å². The minimum Gasteiger partial charge on any atom is -0.324 e. The second kappa shape index (κ2) is 12.3. The number of benzene rings is 2. The van der Waals surface area contributed by atoms with Crippen molar-refractivity contribution in [2.45, 2.75) is 16.3 Å². The Kier molecular flexibility index (Phi) is 9.02. The first kappa shape index (κ1) is 29.4. The number of halogens is 2. The van der Waals surface area contributed by atoms with Gasteiger partial charge < -0.3 is 5.32 Å². The van der Waals surface area contributed by atoms with E-state index in [1.54, 1.807) is 35.4 Å². The van der Waals surface area contributed by atoms with Gasteiger partial charge in [0, 0.05) is 5.69 Å². The molecule has 40 heavy (non-hydrogen) atoms. The van der Waals surface area contributed by atoms with Crippen LogP contribution in [-0.2, 0) is 35.1 Å². The lowest BCUT2D eigenvalue weighted by Gasteiger charge is -2.11. The third-order valence-electron chi connectivity index (χ3n) is 5.28. The van der Waals surface area contributed by atoms with E-state index in [0.717, 1.165) is 14.2 Å². The summed E-state index contributed by atoms with van der Waals surface area (Å²) >= 11 is 11.6. The molecule has 2 aromatic carbocycles. The van der Waals surface area contributed by atoms with E-state index in [2.05, 4.69) is 30.2 Å². The molecule has 4 rings (SSSR count). The summed E-state index contributed by atoms with van der Waals surface area (Å²) in [4.78, 5) is 19.0. The molecule has 0 aliphatic carbocycles. The van der Waals surface area contributed by atoms with E-state index in [0.29, 0.717) is 12.1 Å². The summed E-state index contributed by atoms with van der Waals surface area (Å²) in [6.07, 6.45) is 7.37. The average molecular weight is 625 g/mol. The molecular weight excluding hydrogens is 605 g/mol. The molecule has 2 heterocycles. The van der Waals surface area contributed by atoms with Gasteiger partial charge in [0.2, 0.25) is 29.2 Å². The molecule has 13 nitrogen and oxygen atoms in total. The first-order valence-corrected chi connectivity index (χ1v) is 14.6. The van der Waals surface area contributed by atoms with Gasteiger partial charge in [-0.3, -0.25) is 8.37 Å². The lowest BCUT2D eigenvalue weighted by Crippen LogP contribution is -2.34. The topological polar surface area (TPSA) is 167 Å². The van der Waals surface area contributed by atoms with Crippen molar-refractivity contribution < 1.29 is 29.8 Å². The van der Waals surface area contributed by atoms with Crippen molar-refractivity contribution in [2.24, 2.45) is 0 Å². The molecule has 1 N–H and O–H groups in total. The number of nitrogens with one attached hydrogen (secondary N) is 1. The number of aromatic nitrogens is 6. The molecule has 17 heteroatoms. The molecule has 0 aliphatic rings. The Balaban J connectivity index is 1.73. The van der Waals surface area contributed by atoms with Crippen LogP contribution in [0.2, 0.25) is 10.6 Å². The van der Waals surface area contributed by atoms with Crippen molar-refractivity contribution in [3.05, 3.63) is 82.6 Å². The van der Waals surface area contributed by atoms with Gasteiger partial charge in [-0.25, -0.2) is 4.57 Å². The Hall–Kier alpha value is -3.60. The van der Waals surface area contributed by atoms with Crippen LogP contribution in [0.3, 0.4) is 0 Å². The van der Waals surface area contributed by atoms with Crippen LogP contribution in [0.1, 0.15) is 16.7 Å². The molecule has 0 saturated heterocycles. The highest BCUT2D eigenvalue weighted by molar-refractivity contribution is 7.87. The number of hydrogen-bond acceptors (Lipinski definition) is 12. The van der Waals surface area contributed by atoms with Gasteiger partial charge in [-0.2, -0.15) is 31.8 Å². The summed E-state index contributed by atoms with van der Waals surface area (Å²) in [6, 6.07) is 9.09. The normalized spacial score (nSPS) is 12.1. The largest absolute Gasteiger partial charge is 0.324 e. The Morgan fingerprint density at radius 2 is 1.38 bits per heavy atom. The monoisotopic (exact) mass is 624 g/mol. The maximum atomic E-state index is 12.7. The molecule has 0 unspecified atom stereocenters. The van der Waals surface area contributed by atoms with Crippen LogP contribution in [0.5, 0.6) is 0 Å². The van der Waals surface area contributed by atoms with E-state index in [1.807, 2.05) is 0 Å². The molecule has 4 aromatic rings. The van der Waals surface area contributed by atoms with Crippen molar-refractivity contribution in [1.29, 1.82) is 0 Å². The molecule has 0 spiro atoms. The smallest absolute Gasteiger partial charge is 0.297 e. The minimum absolute atomic E-state index is 0.0104. The van der Waals surface area contributed by atoms with Gasteiger partial charge >= 0.3 is 0 Å². The van der Waals surface area contributed by atoms with Gasteiger partial charge in [-0.05, 0) is 58.1 Å². The zero-order valence-corrected chi connectivity index (χ0v) is 23.9. The lowest BCUT2D eigenvalue weighted by molar-refractivity contribution is -0.694. The Morgan fingerprint density at radius 3 is 1.95 bits per heavy atom. The Bertz CT molecular complexity index is 1770. The highest BCUT2D eigenvalue weighted by Crippen LogP contribution is 2.28. The fraction of sp³-hybridized carbons (Fsp3) is 0.130. The average Bonchev–Trinajstić information content (AvgIpc) is 2.92. The molecule has 2 aromatic heterocycles. The molecule has 0 bridgehead atoms. The number of nitrogens with zero attached hydrogens (tertiary/aromatic N) is 6. The van der Waals surface area contributed by atoms with Crippen LogP contribution in [0.4, 0.5) is 11.6 Å². The fourth-order valence-corrected chi connectivity index (χ4v) is 5.60. The van der Waals surface area contributed by atoms with Crippen molar-refractivity contribution in [3.63, 3.8) is 0 Å². The van der Waals surface area contributed by atoms with Gasteiger partial charge in [0.1, 0.15) is 9.79 Å². The van der Waals surface area contributed by atoms with Gasteiger partial charge in [-0.15, -0.1) is 0 Å². The van der Waals surface area contributed by atoms with Crippen molar-refractivity contribution in [1.82, 2.24) is 24.9 Å². The van der Waals surface area contributed by atoms with E-state index < -0.39 is 20.2 Å². The van der Waals surface area contributed by atoms with Gasteiger partial charge in [-0.1, -0.05) is 40.3 Å². The summed E-state index contributed by atoms with van der Waals surface area (Å²) in [6.45, 7) is 0.305. The highest BCUT2D eigenvalue weighted by Gasteiger charge is 2.21. The zero-order valence-electron chi connectivity index (χ0n) is 20.8. The summed E-state index contributed by atoms with van der Waals surface area (Å²) in [7, 11) is -6.25.